The van der Waals surface area contributed by atoms with Gasteiger partial charge in [0.25, 0.3) is 0 Å². The van der Waals surface area contributed by atoms with Crippen LogP contribution >= 0.6 is 0 Å². The number of nitrogens with one attached hydrogen (secondary N) is 1. The van der Waals surface area contributed by atoms with Crippen LogP contribution in [0, 0.1) is 0 Å². The predicted molar refractivity (Wildman–Crippen MR) is 282 cm³/mol. The predicted octanol–water partition coefficient (Wildman–Crippen LogP) is 17.2. The van der Waals surface area contributed by atoms with Crippen LogP contribution in [0.15, 0.2) is 60.8 Å². The van der Waals surface area contributed by atoms with Crippen molar-refractivity contribution < 1.29 is 24.5 Å². The average molecular weight is 911 g/mol. The normalized spacial score (nSPS) is 13.1. The Kier molecular flexibility index (Phi) is 52.1. The van der Waals surface area contributed by atoms with E-state index in [0.717, 1.165) is 83.5 Å². The lowest BCUT2D eigenvalue weighted by Gasteiger charge is -2.20. The lowest BCUT2D eigenvalue weighted by atomic mass is 10.0. The fourth-order valence-electron chi connectivity index (χ4n) is 8.18. The number of carbonyl (C=O) groups excluding carboxylic acids is 2. The van der Waals surface area contributed by atoms with Gasteiger partial charge in [0.05, 0.1) is 25.4 Å². The van der Waals surface area contributed by atoms with Crippen molar-refractivity contribution in [2.24, 2.45) is 0 Å². The molecule has 1 amide bonds. The molecule has 2 unspecified atom stereocenters. The van der Waals surface area contributed by atoms with E-state index in [1.807, 2.05) is 6.08 Å². The van der Waals surface area contributed by atoms with Crippen molar-refractivity contribution in [2.75, 3.05) is 13.2 Å². The number of hydrogen-bond donors (Lipinski definition) is 3. The number of rotatable bonds is 51. The topological polar surface area (TPSA) is 95.9 Å². The van der Waals surface area contributed by atoms with Crippen LogP contribution in [0.25, 0.3) is 0 Å². The van der Waals surface area contributed by atoms with Crippen molar-refractivity contribution in [1.29, 1.82) is 0 Å². The van der Waals surface area contributed by atoms with Gasteiger partial charge in [-0.15, -0.1) is 0 Å². The van der Waals surface area contributed by atoms with E-state index >= 15 is 0 Å². The second-order valence-corrected chi connectivity index (χ2v) is 18.9. The second kappa shape index (κ2) is 54.2. The summed E-state index contributed by atoms with van der Waals surface area (Å²) in [5.74, 6) is -0.103. The van der Waals surface area contributed by atoms with Crippen molar-refractivity contribution in [3.63, 3.8) is 0 Å². The highest BCUT2D eigenvalue weighted by Gasteiger charge is 2.18. The van der Waals surface area contributed by atoms with Crippen molar-refractivity contribution in [3.05, 3.63) is 60.8 Å². The smallest absolute Gasteiger partial charge is 0.305 e. The minimum absolute atomic E-state index is 0.0225. The highest BCUT2D eigenvalue weighted by Crippen LogP contribution is 2.15. The van der Waals surface area contributed by atoms with Gasteiger partial charge in [-0.05, 0) is 96.3 Å². The fourth-order valence-corrected chi connectivity index (χ4v) is 8.18. The number of aliphatic hydroxyl groups excluding tert-OH is 2. The quantitative estimate of drug-likeness (QED) is 0.0245. The van der Waals surface area contributed by atoms with Gasteiger partial charge in [0, 0.05) is 12.8 Å². The molecule has 0 bridgehead atoms. The van der Waals surface area contributed by atoms with Gasteiger partial charge in [-0.25, -0.2) is 0 Å². The summed E-state index contributed by atoms with van der Waals surface area (Å²) in [7, 11) is 0. The number of allylic oxidation sites excluding steroid dienone is 9. The van der Waals surface area contributed by atoms with Crippen LogP contribution in [0.3, 0.4) is 0 Å². The zero-order valence-electron chi connectivity index (χ0n) is 43.0. The van der Waals surface area contributed by atoms with Crippen LogP contribution in [0.5, 0.6) is 0 Å². The molecule has 378 valence electrons. The van der Waals surface area contributed by atoms with Crippen LogP contribution in [0.4, 0.5) is 0 Å². The Hall–Kier alpha value is -2.44. The number of amides is 1. The molecule has 0 fully saturated rings. The van der Waals surface area contributed by atoms with Gasteiger partial charge in [0.2, 0.25) is 5.91 Å². The summed E-state index contributed by atoms with van der Waals surface area (Å²) in [5, 5.41) is 23.0. The maximum atomic E-state index is 12.4. The lowest BCUT2D eigenvalue weighted by Crippen LogP contribution is -2.45. The van der Waals surface area contributed by atoms with Gasteiger partial charge < -0.3 is 20.3 Å². The van der Waals surface area contributed by atoms with Gasteiger partial charge in [-0.3, -0.25) is 9.59 Å². The number of ether oxygens (including phenoxy) is 1. The summed E-state index contributed by atoms with van der Waals surface area (Å²) in [6.45, 7) is 4.82. The Morgan fingerprint density at radius 3 is 1.28 bits per heavy atom. The molecule has 0 aromatic rings. The molecule has 0 aromatic heterocycles. The van der Waals surface area contributed by atoms with E-state index in [1.165, 1.54) is 167 Å². The first-order valence-electron chi connectivity index (χ1n) is 28.1. The number of hydrogen-bond acceptors (Lipinski definition) is 5. The molecule has 0 rings (SSSR count). The van der Waals surface area contributed by atoms with Crippen LogP contribution in [-0.4, -0.2) is 47.4 Å². The zero-order chi connectivity index (χ0) is 47.2. The molecule has 6 nitrogen and oxygen atoms in total. The van der Waals surface area contributed by atoms with E-state index in [0.29, 0.717) is 19.4 Å². The number of aliphatic hydroxyl groups is 2. The summed E-state index contributed by atoms with van der Waals surface area (Å²) in [6.07, 6.45) is 69.5. The van der Waals surface area contributed by atoms with E-state index in [-0.39, 0.29) is 18.5 Å². The monoisotopic (exact) mass is 910 g/mol. The summed E-state index contributed by atoms with van der Waals surface area (Å²) >= 11 is 0. The minimum atomic E-state index is -0.851. The number of esters is 1. The molecule has 0 spiro atoms. The first-order chi connectivity index (χ1) is 32.0. The molecule has 0 radical (unpaired) electrons. The SMILES string of the molecule is CCCCCC/C=C\C/C=C\CCCCCCCCCC(=O)OCCCCC/C=C\C=C/CCCCCCCCCCCCC(=O)NC(CO)C(O)/C=C/CCCCCCCCCCC. The van der Waals surface area contributed by atoms with Crippen molar-refractivity contribution in [2.45, 2.75) is 289 Å². The average Bonchev–Trinajstić information content (AvgIpc) is 3.31. The third kappa shape index (κ3) is 50.8. The molecular formula is C59H107NO5. The maximum Gasteiger partial charge on any atom is 0.305 e. The summed E-state index contributed by atoms with van der Waals surface area (Å²) in [6, 6.07) is -0.636. The Morgan fingerprint density at radius 1 is 0.446 bits per heavy atom. The number of carbonyl (C=O) groups is 2. The van der Waals surface area contributed by atoms with Crippen LogP contribution in [0.1, 0.15) is 277 Å². The standard InChI is InChI=1S/C59H107NO5/c1-3-5-7-9-11-13-15-16-17-18-23-26-29-33-37-41-45-49-53-59(64)65-54-50-46-42-38-34-30-27-24-21-19-20-22-25-28-32-36-40-44-48-52-58(63)60-56(55-61)57(62)51-47-43-39-35-31-14-12-10-8-6-4-2/h13,15,17-18,24,27,30,34,47,51,56-57,61-62H,3-12,14,16,19-23,25-26,28-29,31-33,35-46,48-50,52-55H2,1-2H3,(H,60,63)/b15-13-,18-17-,27-24-,34-30-,51-47+. The van der Waals surface area contributed by atoms with Gasteiger partial charge in [-0.2, -0.15) is 0 Å². The molecule has 65 heavy (non-hydrogen) atoms. The highest BCUT2D eigenvalue weighted by molar-refractivity contribution is 5.76. The van der Waals surface area contributed by atoms with Gasteiger partial charge in [0.1, 0.15) is 0 Å². The van der Waals surface area contributed by atoms with Crippen LogP contribution in [0.2, 0.25) is 0 Å². The molecule has 0 aromatic carbocycles. The van der Waals surface area contributed by atoms with Gasteiger partial charge in [-0.1, -0.05) is 229 Å². The van der Waals surface area contributed by atoms with Crippen LogP contribution < -0.4 is 5.32 Å². The molecule has 0 heterocycles. The lowest BCUT2D eigenvalue weighted by molar-refractivity contribution is -0.143. The Bertz CT molecular complexity index is 1140. The minimum Gasteiger partial charge on any atom is -0.466 e. The molecule has 0 aliphatic rings. The molecular weight excluding hydrogens is 803 g/mol. The summed E-state index contributed by atoms with van der Waals surface area (Å²) in [4.78, 5) is 24.5. The summed E-state index contributed by atoms with van der Waals surface area (Å²) in [5.41, 5.74) is 0. The third-order valence-corrected chi connectivity index (χ3v) is 12.5. The van der Waals surface area contributed by atoms with Gasteiger partial charge in [0.15, 0.2) is 0 Å². The van der Waals surface area contributed by atoms with E-state index < -0.39 is 12.1 Å². The molecule has 2 atom stereocenters. The van der Waals surface area contributed by atoms with Crippen molar-refractivity contribution >= 4 is 11.9 Å². The first-order valence-corrected chi connectivity index (χ1v) is 28.1. The van der Waals surface area contributed by atoms with Gasteiger partial charge >= 0.3 is 5.97 Å². The van der Waals surface area contributed by atoms with E-state index in [1.54, 1.807) is 6.08 Å². The molecule has 3 N–H and O–H groups in total. The van der Waals surface area contributed by atoms with Crippen LogP contribution in [-0.2, 0) is 14.3 Å². The first kappa shape index (κ1) is 62.6. The largest absolute Gasteiger partial charge is 0.466 e. The molecule has 0 aliphatic heterocycles. The Morgan fingerprint density at radius 2 is 0.815 bits per heavy atom. The fraction of sp³-hybridized carbons (Fsp3) is 0.797. The van der Waals surface area contributed by atoms with Crippen molar-refractivity contribution in [1.82, 2.24) is 5.32 Å². The zero-order valence-corrected chi connectivity index (χ0v) is 43.0. The van der Waals surface area contributed by atoms with Crippen molar-refractivity contribution in [3.8, 4) is 0 Å². The molecule has 0 aliphatic carbocycles. The second-order valence-electron chi connectivity index (χ2n) is 18.9. The Labute approximate surface area is 403 Å². The molecule has 0 saturated heterocycles. The third-order valence-electron chi connectivity index (χ3n) is 12.5. The molecule has 6 heteroatoms. The maximum absolute atomic E-state index is 12.4. The molecule has 0 saturated carbocycles. The van der Waals surface area contributed by atoms with E-state index in [4.69, 9.17) is 4.74 Å². The van der Waals surface area contributed by atoms with E-state index in [2.05, 4.69) is 67.8 Å². The highest BCUT2D eigenvalue weighted by atomic mass is 16.5. The number of unbranched alkanes of at least 4 members (excludes halogenated alkanes) is 33. The Balaban J connectivity index is 3.50. The van der Waals surface area contributed by atoms with E-state index in [9.17, 15) is 19.8 Å². The summed E-state index contributed by atoms with van der Waals surface area (Å²) < 4.78 is 5.46.